The monoisotopic (exact) mass is 359 g/mol. The quantitative estimate of drug-likeness (QED) is 0.717. The molecule has 0 saturated heterocycles. The predicted molar refractivity (Wildman–Crippen MR) is 97.7 cm³/mol. The summed E-state index contributed by atoms with van der Waals surface area (Å²) in [5.41, 5.74) is 0.935. The summed E-state index contributed by atoms with van der Waals surface area (Å²) in [7, 11) is 3.10. The maximum atomic E-state index is 13.1. The summed E-state index contributed by atoms with van der Waals surface area (Å²) in [5, 5.41) is 0.806. The van der Waals surface area contributed by atoms with Crippen LogP contribution in [-0.2, 0) is 20.0 Å². The van der Waals surface area contributed by atoms with Crippen molar-refractivity contribution in [2.24, 2.45) is 7.05 Å². The van der Waals surface area contributed by atoms with Crippen LogP contribution in [0, 0.1) is 0 Å². The van der Waals surface area contributed by atoms with Gasteiger partial charge in [0.2, 0.25) is 0 Å². The lowest BCUT2D eigenvalue weighted by molar-refractivity contribution is 0.413. The van der Waals surface area contributed by atoms with Gasteiger partial charge in [-0.15, -0.1) is 0 Å². The lowest BCUT2D eigenvalue weighted by Gasteiger charge is -2.14. The second kappa shape index (κ2) is 6.72. The molecule has 0 fully saturated rings. The lowest BCUT2D eigenvalue weighted by atomic mass is 10.1. The fraction of sp³-hybridized carbons (Fsp3) is 0.278. The Kier molecular flexibility index (Phi) is 4.63. The number of methoxy groups -OCH3 is 1. The van der Waals surface area contributed by atoms with E-state index in [0.717, 1.165) is 10.1 Å². The van der Waals surface area contributed by atoms with Gasteiger partial charge in [-0.1, -0.05) is 36.7 Å². The molecule has 2 heterocycles. The third kappa shape index (κ3) is 2.82. The van der Waals surface area contributed by atoms with Gasteiger partial charge in [0.05, 0.1) is 13.7 Å². The van der Waals surface area contributed by atoms with Crippen LogP contribution in [0.3, 0.4) is 0 Å². The Balaban J connectivity index is 2.35. The topological polar surface area (TPSA) is 66.1 Å². The first-order chi connectivity index (χ1) is 12.0. The summed E-state index contributed by atoms with van der Waals surface area (Å²) >= 11 is 6.18. The van der Waals surface area contributed by atoms with Gasteiger partial charge in [0.1, 0.15) is 11.1 Å². The summed E-state index contributed by atoms with van der Waals surface area (Å²) in [6, 6.07) is 7.13. The van der Waals surface area contributed by atoms with E-state index >= 15 is 0 Å². The Morgan fingerprint density at radius 3 is 2.56 bits per heavy atom. The van der Waals surface area contributed by atoms with Gasteiger partial charge in [-0.05, 0) is 18.1 Å². The summed E-state index contributed by atoms with van der Waals surface area (Å²) in [6.07, 6.45) is 2.30. The van der Waals surface area contributed by atoms with E-state index in [0.29, 0.717) is 33.8 Å². The fourth-order valence-corrected chi connectivity index (χ4v) is 3.08. The van der Waals surface area contributed by atoms with Crippen LogP contribution in [0.5, 0.6) is 5.75 Å². The van der Waals surface area contributed by atoms with Crippen LogP contribution in [0.4, 0.5) is 0 Å². The molecule has 7 heteroatoms. The molecular weight excluding hydrogens is 342 g/mol. The zero-order valence-corrected chi connectivity index (χ0v) is 15.0. The van der Waals surface area contributed by atoms with Gasteiger partial charge in [0, 0.05) is 23.8 Å². The second-order valence-corrected chi connectivity index (χ2v) is 6.10. The highest BCUT2D eigenvalue weighted by molar-refractivity contribution is 6.31. The highest BCUT2D eigenvalue weighted by Crippen LogP contribution is 2.25. The number of aryl methyl sites for hydroxylation is 2. The average Bonchev–Trinajstić information content (AvgIpc) is 2.63. The van der Waals surface area contributed by atoms with Crippen molar-refractivity contribution < 1.29 is 4.74 Å². The minimum absolute atomic E-state index is 0.0840. The number of hydrogen-bond donors (Lipinski definition) is 0. The highest BCUT2D eigenvalue weighted by Gasteiger charge is 2.19. The van der Waals surface area contributed by atoms with Crippen LogP contribution in [0.15, 0.2) is 40.1 Å². The third-order valence-electron chi connectivity index (χ3n) is 4.25. The molecule has 2 aromatic heterocycles. The van der Waals surface area contributed by atoms with Crippen molar-refractivity contribution in [2.75, 3.05) is 7.11 Å². The molecule has 6 nitrogen and oxygen atoms in total. The molecule has 3 rings (SSSR count). The number of halogens is 1. The van der Waals surface area contributed by atoms with Gasteiger partial charge in [0.15, 0.2) is 5.65 Å². The summed E-state index contributed by atoms with van der Waals surface area (Å²) < 4.78 is 7.98. The summed E-state index contributed by atoms with van der Waals surface area (Å²) in [4.78, 5) is 30.0. The lowest BCUT2D eigenvalue weighted by Crippen LogP contribution is -2.40. The zero-order valence-electron chi connectivity index (χ0n) is 14.2. The predicted octanol–water partition coefficient (Wildman–Crippen LogP) is 2.37. The number of pyridine rings is 1. The van der Waals surface area contributed by atoms with Crippen molar-refractivity contribution >= 4 is 22.6 Å². The zero-order chi connectivity index (χ0) is 18.1. The van der Waals surface area contributed by atoms with E-state index in [1.807, 2.05) is 13.0 Å². The molecule has 0 aliphatic rings. The van der Waals surface area contributed by atoms with Crippen LogP contribution in [0.1, 0.15) is 18.1 Å². The van der Waals surface area contributed by atoms with E-state index < -0.39 is 11.2 Å². The first kappa shape index (κ1) is 17.2. The Bertz CT molecular complexity index is 1070. The molecule has 0 aliphatic carbocycles. The van der Waals surface area contributed by atoms with Crippen LogP contribution < -0.4 is 16.0 Å². The molecular formula is C18H18ClN3O3. The van der Waals surface area contributed by atoms with Crippen LogP contribution in [0.2, 0.25) is 5.02 Å². The van der Waals surface area contributed by atoms with Gasteiger partial charge < -0.3 is 4.74 Å². The molecule has 0 unspecified atom stereocenters. The number of nitrogens with zero attached hydrogens (tertiary/aromatic N) is 3. The number of aromatic nitrogens is 3. The Morgan fingerprint density at radius 2 is 1.92 bits per heavy atom. The normalized spacial score (nSPS) is 11.0. The van der Waals surface area contributed by atoms with Crippen molar-refractivity contribution in [1.29, 1.82) is 0 Å². The third-order valence-corrected chi connectivity index (χ3v) is 4.62. The summed E-state index contributed by atoms with van der Waals surface area (Å²) in [6.45, 7) is 2.04. The molecule has 130 valence electrons. The van der Waals surface area contributed by atoms with Crippen LogP contribution in [-0.4, -0.2) is 21.2 Å². The molecule has 0 radical (unpaired) electrons. The van der Waals surface area contributed by atoms with E-state index in [4.69, 9.17) is 16.3 Å². The van der Waals surface area contributed by atoms with E-state index in [2.05, 4.69) is 4.98 Å². The van der Waals surface area contributed by atoms with Crippen molar-refractivity contribution in [3.63, 3.8) is 0 Å². The van der Waals surface area contributed by atoms with Gasteiger partial charge >= 0.3 is 5.69 Å². The number of benzene rings is 1. The minimum Gasteiger partial charge on any atom is -0.495 e. The highest BCUT2D eigenvalue weighted by atomic mass is 35.5. The van der Waals surface area contributed by atoms with Crippen molar-refractivity contribution in [2.45, 2.75) is 19.9 Å². The first-order valence-electron chi connectivity index (χ1n) is 7.88. The molecule has 0 saturated carbocycles. The van der Waals surface area contributed by atoms with Crippen molar-refractivity contribution in [3.05, 3.63) is 67.4 Å². The maximum absolute atomic E-state index is 13.1. The number of fused-ring (bicyclic) bond motifs is 1. The standard InChI is InChI=1S/C18H18ClN3O3/c1-4-11-9-20-16-14(15(11)25-3)17(23)22(18(24)21(16)2)10-12-7-5-6-8-13(12)19/h5-9H,4,10H2,1-3H3. The van der Waals surface area contributed by atoms with Crippen molar-refractivity contribution in [3.8, 4) is 5.75 Å². The molecule has 3 aromatic rings. The maximum Gasteiger partial charge on any atom is 0.332 e. The van der Waals surface area contributed by atoms with Gasteiger partial charge in [0.25, 0.3) is 5.56 Å². The van der Waals surface area contributed by atoms with E-state index in [1.54, 1.807) is 31.4 Å². The Hall–Kier alpha value is -2.60. The average molecular weight is 360 g/mol. The number of ether oxygens (including phenoxy) is 1. The molecule has 0 bridgehead atoms. The molecule has 0 amide bonds. The number of hydrogen-bond acceptors (Lipinski definition) is 4. The number of rotatable bonds is 4. The van der Waals surface area contributed by atoms with Crippen molar-refractivity contribution in [1.82, 2.24) is 14.1 Å². The van der Waals surface area contributed by atoms with E-state index in [1.165, 1.54) is 11.7 Å². The molecule has 0 N–H and O–H groups in total. The summed E-state index contributed by atoms with van der Waals surface area (Å²) in [5.74, 6) is 0.459. The minimum atomic E-state index is -0.448. The SMILES string of the molecule is CCc1cnc2c(c1OC)c(=O)n(Cc1ccccc1Cl)c(=O)n2C. The van der Waals surface area contributed by atoms with Gasteiger partial charge in [-0.25, -0.2) is 9.78 Å². The fourth-order valence-electron chi connectivity index (χ4n) is 2.89. The van der Waals surface area contributed by atoms with E-state index in [-0.39, 0.29) is 6.54 Å². The first-order valence-corrected chi connectivity index (χ1v) is 8.26. The second-order valence-electron chi connectivity index (χ2n) is 5.69. The van der Waals surface area contributed by atoms with Crippen LogP contribution in [0.25, 0.3) is 11.0 Å². The van der Waals surface area contributed by atoms with Gasteiger partial charge in [-0.2, -0.15) is 0 Å². The smallest absolute Gasteiger partial charge is 0.332 e. The largest absolute Gasteiger partial charge is 0.495 e. The van der Waals surface area contributed by atoms with E-state index in [9.17, 15) is 9.59 Å². The Labute approximate surface area is 149 Å². The molecule has 0 spiro atoms. The van der Waals surface area contributed by atoms with Gasteiger partial charge in [-0.3, -0.25) is 13.9 Å². The Morgan fingerprint density at radius 1 is 1.20 bits per heavy atom. The molecule has 0 atom stereocenters. The molecule has 1 aromatic carbocycles. The van der Waals surface area contributed by atoms with Crippen LogP contribution >= 0.6 is 11.6 Å². The molecule has 25 heavy (non-hydrogen) atoms. The molecule has 0 aliphatic heterocycles.